The Balaban J connectivity index is 2.12. The van der Waals surface area contributed by atoms with E-state index in [0.29, 0.717) is 19.7 Å². The molecule has 0 aromatic heterocycles. The van der Waals surface area contributed by atoms with Crippen LogP contribution in [0.5, 0.6) is 5.75 Å². The molecule has 0 aliphatic carbocycles. The highest BCUT2D eigenvalue weighted by molar-refractivity contribution is 5.98. The summed E-state index contributed by atoms with van der Waals surface area (Å²) in [6.45, 7) is 3.87. The molecule has 0 spiro atoms. The van der Waals surface area contributed by atoms with Crippen LogP contribution in [0.4, 0.5) is 5.69 Å². The number of rotatable bonds is 4. The molecule has 1 N–H and O–H groups in total. The molecular formula is C14H17N3O2. The number of benzene rings is 1. The van der Waals surface area contributed by atoms with Crippen molar-refractivity contribution in [2.45, 2.75) is 19.4 Å². The second kappa shape index (κ2) is 6.21. The van der Waals surface area contributed by atoms with Crippen LogP contribution < -0.4 is 15.0 Å². The lowest BCUT2D eigenvalue weighted by molar-refractivity contribution is -0.121. The minimum absolute atomic E-state index is 0.0445. The van der Waals surface area contributed by atoms with Crippen LogP contribution in [0.1, 0.15) is 13.3 Å². The van der Waals surface area contributed by atoms with E-state index in [2.05, 4.69) is 5.32 Å². The molecule has 0 radical (unpaired) electrons. The molecule has 100 valence electrons. The van der Waals surface area contributed by atoms with Gasteiger partial charge >= 0.3 is 0 Å². The van der Waals surface area contributed by atoms with Gasteiger partial charge in [-0.1, -0.05) is 0 Å². The summed E-state index contributed by atoms with van der Waals surface area (Å²) in [5.41, 5.74) is 0.845. The van der Waals surface area contributed by atoms with Crippen molar-refractivity contribution >= 4 is 11.6 Å². The van der Waals surface area contributed by atoms with E-state index in [0.717, 1.165) is 11.4 Å². The van der Waals surface area contributed by atoms with Crippen molar-refractivity contribution in [2.75, 3.05) is 24.6 Å². The van der Waals surface area contributed by atoms with Gasteiger partial charge in [0.1, 0.15) is 11.8 Å². The zero-order valence-electron chi connectivity index (χ0n) is 10.9. The first-order valence-electron chi connectivity index (χ1n) is 6.41. The number of carbonyl (C=O) groups excluding carboxylic acids is 1. The Labute approximate surface area is 112 Å². The van der Waals surface area contributed by atoms with Gasteiger partial charge in [0.15, 0.2) is 0 Å². The highest BCUT2D eigenvalue weighted by atomic mass is 16.5. The van der Waals surface area contributed by atoms with Crippen LogP contribution in [-0.4, -0.2) is 31.6 Å². The molecule has 5 nitrogen and oxygen atoms in total. The predicted molar refractivity (Wildman–Crippen MR) is 72.0 cm³/mol. The quantitative estimate of drug-likeness (QED) is 0.885. The second-order valence-corrected chi connectivity index (χ2v) is 4.29. The summed E-state index contributed by atoms with van der Waals surface area (Å²) in [5, 5.41) is 11.8. The van der Waals surface area contributed by atoms with Crippen molar-refractivity contribution in [1.82, 2.24) is 5.32 Å². The molecule has 0 bridgehead atoms. The SMILES string of the molecule is CCOc1ccc(N2CCNC(CC#N)C2=O)cc1. The van der Waals surface area contributed by atoms with Gasteiger partial charge in [0.25, 0.3) is 0 Å². The molecule has 1 atom stereocenters. The third-order valence-electron chi connectivity index (χ3n) is 3.05. The molecule has 2 rings (SSSR count). The fraction of sp³-hybridized carbons (Fsp3) is 0.429. The van der Waals surface area contributed by atoms with E-state index in [-0.39, 0.29) is 12.3 Å². The summed E-state index contributed by atoms with van der Waals surface area (Å²) in [6.07, 6.45) is 0.201. The number of amides is 1. The predicted octanol–water partition coefficient (Wildman–Crippen LogP) is 1.30. The molecule has 1 amide bonds. The molecule has 1 unspecified atom stereocenters. The molecular weight excluding hydrogens is 242 g/mol. The number of nitriles is 1. The van der Waals surface area contributed by atoms with Crippen molar-refractivity contribution in [3.63, 3.8) is 0 Å². The van der Waals surface area contributed by atoms with Gasteiger partial charge in [-0.25, -0.2) is 0 Å². The van der Waals surface area contributed by atoms with Gasteiger partial charge in [-0.2, -0.15) is 5.26 Å². The molecule has 1 heterocycles. The Bertz CT molecular complexity index is 478. The molecule has 1 saturated heterocycles. The lowest BCUT2D eigenvalue weighted by Gasteiger charge is -2.32. The average Bonchev–Trinajstić information content (AvgIpc) is 2.43. The van der Waals surface area contributed by atoms with Gasteiger partial charge in [-0.3, -0.25) is 4.79 Å². The van der Waals surface area contributed by atoms with Crippen LogP contribution in [0.15, 0.2) is 24.3 Å². The summed E-state index contributed by atoms with van der Waals surface area (Å²) >= 11 is 0. The number of nitrogens with one attached hydrogen (secondary N) is 1. The lowest BCUT2D eigenvalue weighted by Crippen LogP contribution is -2.55. The molecule has 1 fully saturated rings. The van der Waals surface area contributed by atoms with Crippen LogP contribution in [-0.2, 0) is 4.79 Å². The average molecular weight is 259 g/mol. The second-order valence-electron chi connectivity index (χ2n) is 4.29. The zero-order valence-corrected chi connectivity index (χ0v) is 10.9. The van der Waals surface area contributed by atoms with Crippen LogP contribution in [0.25, 0.3) is 0 Å². The smallest absolute Gasteiger partial charge is 0.245 e. The summed E-state index contributed by atoms with van der Waals surface area (Å²) < 4.78 is 5.38. The molecule has 19 heavy (non-hydrogen) atoms. The molecule has 1 aliphatic heterocycles. The molecule has 1 aromatic carbocycles. The Kier molecular flexibility index (Phi) is 4.37. The number of anilines is 1. The third kappa shape index (κ3) is 3.04. The first kappa shape index (κ1) is 13.4. The van der Waals surface area contributed by atoms with Crippen LogP contribution in [0.3, 0.4) is 0 Å². The Morgan fingerprint density at radius 3 is 2.84 bits per heavy atom. The number of hydrogen-bond acceptors (Lipinski definition) is 4. The first-order valence-corrected chi connectivity index (χ1v) is 6.41. The van der Waals surface area contributed by atoms with Crippen molar-refractivity contribution in [2.24, 2.45) is 0 Å². The Morgan fingerprint density at radius 1 is 1.47 bits per heavy atom. The third-order valence-corrected chi connectivity index (χ3v) is 3.05. The van der Waals surface area contributed by atoms with E-state index >= 15 is 0 Å². The van der Waals surface area contributed by atoms with E-state index in [1.165, 1.54) is 0 Å². The van der Waals surface area contributed by atoms with E-state index in [1.807, 2.05) is 37.3 Å². The summed E-state index contributed by atoms with van der Waals surface area (Å²) in [5.74, 6) is 0.749. The molecule has 1 aromatic rings. The maximum Gasteiger partial charge on any atom is 0.245 e. The summed E-state index contributed by atoms with van der Waals surface area (Å²) in [7, 11) is 0. The van der Waals surface area contributed by atoms with Gasteiger partial charge in [0.2, 0.25) is 5.91 Å². The number of piperazine rings is 1. The minimum atomic E-state index is -0.398. The van der Waals surface area contributed by atoms with E-state index in [1.54, 1.807) is 4.90 Å². The maximum absolute atomic E-state index is 12.2. The fourth-order valence-corrected chi connectivity index (χ4v) is 2.13. The Morgan fingerprint density at radius 2 is 2.21 bits per heavy atom. The number of carbonyl (C=O) groups is 1. The van der Waals surface area contributed by atoms with E-state index in [4.69, 9.17) is 10.00 Å². The van der Waals surface area contributed by atoms with Crippen molar-refractivity contribution in [1.29, 1.82) is 5.26 Å². The maximum atomic E-state index is 12.2. The van der Waals surface area contributed by atoms with E-state index < -0.39 is 6.04 Å². The fourth-order valence-electron chi connectivity index (χ4n) is 2.13. The summed E-state index contributed by atoms with van der Waals surface area (Å²) in [4.78, 5) is 13.9. The number of nitrogens with zero attached hydrogens (tertiary/aromatic N) is 2. The topological polar surface area (TPSA) is 65.4 Å². The Hall–Kier alpha value is -2.06. The van der Waals surface area contributed by atoms with Crippen molar-refractivity contribution < 1.29 is 9.53 Å². The molecule has 5 heteroatoms. The summed E-state index contributed by atoms with van der Waals surface area (Å²) in [6, 6.07) is 9.09. The largest absolute Gasteiger partial charge is 0.494 e. The van der Waals surface area contributed by atoms with Gasteiger partial charge in [-0.05, 0) is 31.2 Å². The van der Waals surface area contributed by atoms with Crippen LogP contribution in [0.2, 0.25) is 0 Å². The van der Waals surface area contributed by atoms with Gasteiger partial charge < -0.3 is 15.0 Å². The van der Waals surface area contributed by atoms with E-state index in [9.17, 15) is 4.79 Å². The monoisotopic (exact) mass is 259 g/mol. The van der Waals surface area contributed by atoms with Crippen LogP contribution >= 0.6 is 0 Å². The highest BCUT2D eigenvalue weighted by Gasteiger charge is 2.28. The zero-order chi connectivity index (χ0) is 13.7. The van der Waals surface area contributed by atoms with Gasteiger partial charge in [-0.15, -0.1) is 0 Å². The number of ether oxygens (including phenoxy) is 1. The standard InChI is InChI=1S/C14H17N3O2/c1-2-19-12-5-3-11(4-6-12)17-10-9-16-13(7-8-15)14(17)18/h3-6,13,16H,2,7,9-10H2,1H3. The molecule has 0 saturated carbocycles. The normalized spacial score (nSPS) is 19.1. The highest BCUT2D eigenvalue weighted by Crippen LogP contribution is 2.21. The van der Waals surface area contributed by atoms with Gasteiger partial charge in [0, 0.05) is 18.8 Å². The van der Waals surface area contributed by atoms with Gasteiger partial charge in [0.05, 0.1) is 19.1 Å². The lowest BCUT2D eigenvalue weighted by atomic mass is 10.1. The van der Waals surface area contributed by atoms with Crippen molar-refractivity contribution in [3.8, 4) is 11.8 Å². The minimum Gasteiger partial charge on any atom is -0.494 e. The number of hydrogen-bond donors (Lipinski definition) is 1. The molecule has 1 aliphatic rings. The first-order chi connectivity index (χ1) is 9.26. The van der Waals surface area contributed by atoms with Crippen LogP contribution in [0, 0.1) is 11.3 Å². The van der Waals surface area contributed by atoms with Crippen molar-refractivity contribution in [3.05, 3.63) is 24.3 Å².